The number of alkyl halides is 3. The lowest BCUT2D eigenvalue weighted by Gasteiger charge is -2.10. The molecule has 4 rings (SSSR count). The molecule has 5 nitrogen and oxygen atoms in total. The zero-order chi connectivity index (χ0) is 23.6. The fourth-order valence-electron chi connectivity index (χ4n) is 3.44. The molecule has 0 aliphatic rings. The first-order valence-corrected chi connectivity index (χ1v) is 11.1. The van der Waals surface area contributed by atoms with Crippen molar-refractivity contribution < 1.29 is 18.0 Å². The lowest BCUT2D eigenvalue weighted by molar-refractivity contribution is -0.137. The third-order valence-electron chi connectivity index (χ3n) is 5.25. The molecular weight excluding hydrogens is 451 g/mol. The van der Waals surface area contributed by atoms with Crippen molar-refractivity contribution >= 4 is 27.5 Å². The van der Waals surface area contributed by atoms with Crippen molar-refractivity contribution in [3.8, 4) is 11.1 Å². The second-order valence-corrected chi connectivity index (χ2v) is 8.52. The van der Waals surface area contributed by atoms with E-state index >= 15 is 0 Å². The summed E-state index contributed by atoms with van der Waals surface area (Å²) in [7, 11) is 0. The summed E-state index contributed by atoms with van der Waals surface area (Å²) in [5, 5.41) is 5.01. The molecule has 0 unspecified atom stereocenters. The molecule has 0 fully saturated rings. The van der Waals surface area contributed by atoms with E-state index in [4.69, 9.17) is 0 Å². The first-order valence-electron chi connectivity index (χ1n) is 10.2. The van der Waals surface area contributed by atoms with E-state index in [1.54, 1.807) is 0 Å². The molecule has 0 aliphatic heterocycles. The van der Waals surface area contributed by atoms with Crippen molar-refractivity contribution in [2.75, 3.05) is 0 Å². The number of rotatable bonds is 6. The lowest BCUT2D eigenvalue weighted by atomic mass is 10.1. The van der Waals surface area contributed by atoms with Gasteiger partial charge in [0, 0.05) is 30.5 Å². The normalized spacial score (nSPS) is 11.6. The van der Waals surface area contributed by atoms with Crippen LogP contribution >= 0.6 is 11.3 Å². The third-order valence-corrected chi connectivity index (χ3v) is 6.13. The monoisotopic (exact) mass is 471 g/mol. The van der Waals surface area contributed by atoms with E-state index < -0.39 is 11.7 Å². The van der Waals surface area contributed by atoms with E-state index in [0.29, 0.717) is 15.8 Å². The highest BCUT2D eigenvalue weighted by Gasteiger charge is 2.30. The molecule has 0 spiro atoms. The summed E-state index contributed by atoms with van der Waals surface area (Å²) in [6.07, 6.45) is -3.03. The summed E-state index contributed by atoms with van der Waals surface area (Å²) in [4.78, 5) is 30.3. The minimum atomic E-state index is -4.44. The summed E-state index contributed by atoms with van der Waals surface area (Å²) >= 11 is 1.38. The number of nitrogens with zero attached hydrogens (tertiary/aromatic N) is 2. The number of benzene rings is 2. The smallest absolute Gasteiger partial charge is 0.352 e. The fraction of sp³-hybridized carbons (Fsp3) is 0.208. The van der Waals surface area contributed by atoms with Crippen molar-refractivity contribution in [1.29, 1.82) is 0 Å². The number of nitrogens with one attached hydrogen (secondary N) is 1. The van der Waals surface area contributed by atoms with Gasteiger partial charge in [0.05, 0.1) is 17.3 Å². The van der Waals surface area contributed by atoms with Crippen LogP contribution in [0, 0.1) is 6.92 Å². The lowest BCUT2D eigenvalue weighted by Crippen LogP contribution is -2.27. The van der Waals surface area contributed by atoms with Gasteiger partial charge in [-0.2, -0.15) is 13.2 Å². The Bertz CT molecular complexity index is 1360. The van der Waals surface area contributed by atoms with Crippen molar-refractivity contribution in [3.05, 3.63) is 87.3 Å². The summed E-state index contributed by atoms with van der Waals surface area (Å²) in [6.45, 7) is 2.07. The van der Waals surface area contributed by atoms with Crippen LogP contribution in [-0.4, -0.2) is 15.5 Å². The average molecular weight is 472 g/mol. The summed E-state index contributed by atoms with van der Waals surface area (Å²) < 4.78 is 39.9. The first kappa shape index (κ1) is 22.7. The SMILES string of the molecule is Cc1ccc(-c2csc3ncn(CCC(=O)NCc4cccc(C(F)(F)F)c4)c(=O)c23)cc1. The molecule has 1 N–H and O–H groups in total. The van der Waals surface area contributed by atoms with Gasteiger partial charge in [-0.1, -0.05) is 42.0 Å². The van der Waals surface area contributed by atoms with Crippen molar-refractivity contribution in [1.82, 2.24) is 14.9 Å². The van der Waals surface area contributed by atoms with E-state index in [1.807, 2.05) is 36.6 Å². The molecular formula is C24H20F3N3O2S. The second kappa shape index (κ2) is 9.19. The quantitative estimate of drug-likeness (QED) is 0.423. The largest absolute Gasteiger partial charge is 0.416 e. The minimum absolute atomic E-state index is 0.00391. The number of hydrogen-bond acceptors (Lipinski definition) is 4. The molecule has 0 atom stereocenters. The number of halogens is 3. The van der Waals surface area contributed by atoms with Crippen molar-refractivity contribution in [3.63, 3.8) is 0 Å². The van der Waals surface area contributed by atoms with Gasteiger partial charge in [0.1, 0.15) is 4.83 Å². The van der Waals surface area contributed by atoms with Crippen molar-refractivity contribution in [2.45, 2.75) is 32.6 Å². The maximum Gasteiger partial charge on any atom is 0.416 e. The minimum Gasteiger partial charge on any atom is -0.352 e. The van der Waals surface area contributed by atoms with Gasteiger partial charge in [0.25, 0.3) is 5.56 Å². The highest BCUT2D eigenvalue weighted by Crippen LogP contribution is 2.31. The topological polar surface area (TPSA) is 64.0 Å². The molecule has 1 amide bonds. The summed E-state index contributed by atoms with van der Waals surface area (Å²) in [6, 6.07) is 12.7. The van der Waals surface area contributed by atoms with E-state index in [1.165, 1.54) is 34.4 Å². The fourth-order valence-corrected chi connectivity index (χ4v) is 4.35. The Hall–Kier alpha value is -3.46. The molecule has 2 aromatic heterocycles. The summed E-state index contributed by atoms with van der Waals surface area (Å²) in [5.41, 5.74) is 2.19. The number of fused-ring (bicyclic) bond motifs is 1. The Morgan fingerprint density at radius 3 is 2.64 bits per heavy atom. The molecule has 0 saturated carbocycles. The molecule has 170 valence electrons. The molecule has 4 aromatic rings. The highest BCUT2D eigenvalue weighted by atomic mass is 32.1. The van der Waals surface area contributed by atoms with Gasteiger partial charge in [0.2, 0.25) is 5.91 Å². The van der Waals surface area contributed by atoms with Crippen LogP contribution in [0.25, 0.3) is 21.3 Å². The first-order chi connectivity index (χ1) is 15.7. The molecule has 2 aromatic carbocycles. The van der Waals surface area contributed by atoms with Gasteiger partial charge < -0.3 is 5.32 Å². The van der Waals surface area contributed by atoms with Gasteiger partial charge in [-0.15, -0.1) is 11.3 Å². The second-order valence-electron chi connectivity index (χ2n) is 7.66. The van der Waals surface area contributed by atoms with E-state index in [9.17, 15) is 22.8 Å². The molecule has 0 bridgehead atoms. The van der Waals surface area contributed by atoms with Crippen LogP contribution in [0.2, 0.25) is 0 Å². The number of aromatic nitrogens is 2. The van der Waals surface area contributed by atoms with Crippen LogP contribution in [0.1, 0.15) is 23.1 Å². The number of carbonyl (C=O) groups is 1. The molecule has 0 radical (unpaired) electrons. The van der Waals surface area contributed by atoms with Crippen LogP contribution in [0.15, 0.2) is 65.0 Å². The number of amides is 1. The van der Waals surface area contributed by atoms with E-state index in [0.717, 1.165) is 28.8 Å². The Morgan fingerprint density at radius 2 is 1.91 bits per heavy atom. The Balaban J connectivity index is 1.45. The predicted octanol–water partition coefficient (Wildman–Crippen LogP) is 5.16. The molecule has 9 heteroatoms. The number of carbonyl (C=O) groups excluding carboxylic acids is 1. The van der Waals surface area contributed by atoms with Gasteiger partial charge in [-0.25, -0.2) is 4.98 Å². The van der Waals surface area contributed by atoms with Gasteiger partial charge in [-0.05, 0) is 30.2 Å². The average Bonchev–Trinajstić information content (AvgIpc) is 3.22. The van der Waals surface area contributed by atoms with Crippen LogP contribution in [0.4, 0.5) is 13.2 Å². The molecule has 0 saturated heterocycles. The number of aryl methyl sites for hydroxylation is 2. The number of thiophene rings is 1. The highest BCUT2D eigenvalue weighted by molar-refractivity contribution is 7.17. The Labute approximate surface area is 191 Å². The maximum atomic E-state index is 13.1. The van der Waals surface area contributed by atoms with Crippen LogP contribution in [0.3, 0.4) is 0 Å². The Kier molecular flexibility index (Phi) is 6.33. The number of hydrogen-bond donors (Lipinski definition) is 1. The molecule has 0 aliphatic carbocycles. The van der Waals surface area contributed by atoms with Crippen molar-refractivity contribution in [2.24, 2.45) is 0 Å². The Morgan fingerprint density at radius 1 is 1.15 bits per heavy atom. The maximum absolute atomic E-state index is 13.1. The molecule has 33 heavy (non-hydrogen) atoms. The van der Waals surface area contributed by atoms with Gasteiger partial charge in [0.15, 0.2) is 0 Å². The summed E-state index contributed by atoms with van der Waals surface area (Å²) in [5.74, 6) is -0.372. The zero-order valence-corrected chi connectivity index (χ0v) is 18.5. The molecule has 2 heterocycles. The van der Waals surface area contributed by atoms with Crippen LogP contribution < -0.4 is 10.9 Å². The van der Waals surface area contributed by atoms with E-state index in [2.05, 4.69) is 10.3 Å². The van der Waals surface area contributed by atoms with Crippen LogP contribution in [-0.2, 0) is 24.1 Å². The van der Waals surface area contributed by atoms with Gasteiger partial charge >= 0.3 is 6.18 Å². The van der Waals surface area contributed by atoms with Gasteiger partial charge in [-0.3, -0.25) is 14.2 Å². The zero-order valence-electron chi connectivity index (χ0n) is 17.6. The third kappa shape index (κ3) is 5.14. The van der Waals surface area contributed by atoms with E-state index in [-0.39, 0.29) is 31.0 Å². The van der Waals surface area contributed by atoms with Crippen LogP contribution in [0.5, 0.6) is 0 Å². The predicted molar refractivity (Wildman–Crippen MR) is 122 cm³/mol. The standard InChI is InChI=1S/C24H20F3N3O2S/c1-15-5-7-17(8-6-15)19-13-33-22-21(19)23(32)30(14-29-22)10-9-20(31)28-12-16-3-2-4-18(11-16)24(25,26)27/h2-8,11,13-14H,9-10,12H2,1H3,(H,28,31).